The monoisotopic (exact) mass is 453 g/mol. The van der Waals surface area contributed by atoms with Crippen molar-refractivity contribution in [2.75, 3.05) is 11.9 Å². The number of hydrogen-bond donors (Lipinski definition) is 1. The van der Waals surface area contributed by atoms with E-state index in [2.05, 4.69) is 15.3 Å². The first kappa shape index (κ1) is 17.9. The zero-order chi connectivity index (χ0) is 16.5. The van der Waals surface area contributed by atoms with Gasteiger partial charge in [-0.15, -0.1) is 24.0 Å². The first-order valence-electron chi connectivity index (χ1n) is 8.05. The molecule has 1 fully saturated rings. The molecule has 1 amide bonds. The van der Waals surface area contributed by atoms with Gasteiger partial charge in [-0.05, 0) is 18.9 Å². The number of aromatic nitrogens is 4. The fourth-order valence-corrected chi connectivity index (χ4v) is 3.18. The zero-order valence-electron chi connectivity index (χ0n) is 13.8. The molecule has 0 bridgehead atoms. The van der Waals surface area contributed by atoms with Gasteiger partial charge in [-0.25, -0.2) is 9.97 Å². The first-order valence-corrected chi connectivity index (χ1v) is 8.05. The van der Waals surface area contributed by atoms with Gasteiger partial charge in [-0.2, -0.15) is 0 Å². The van der Waals surface area contributed by atoms with Crippen molar-refractivity contribution >= 4 is 41.2 Å². The number of imidazole rings is 2. The molecular weight excluding hydrogens is 433 g/mol. The number of carbonyl (C=O) groups excluding carboxylic acids is 1. The van der Waals surface area contributed by atoms with Gasteiger partial charge in [0, 0.05) is 56.4 Å². The summed E-state index contributed by atoms with van der Waals surface area (Å²) in [5.41, 5.74) is 1.54. The molecule has 4 heterocycles. The SMILES string of the molecule is Cn1ccnc1[C@@H]1OCCC[C@H]1C(=O)Nc1ccn2ccnc2c1.I. The maximum Gasteiger partial charge on any atom is 0.230 e. The number of carbonyl (C=O) groups is 1. The van der Waals surface area contributed by atoms with Crippen LogP contribution in [0.1, 0.15) is 24.8 Å². The van der Waals surface area contributed by atoms with Crippen LogP contribution < -0.4 is 5.32 Å². The van der Waals surface area contributed by atoms with Crippen molar-refractivity contribution in [2.45, 2.75) is 18.9 Å². The predicted octanol–water partition coefficient (Wildman–Crippen LogP) is 2.79. The normalized spacial score (nSPS) is 20.2. The summed E-state index contributed by atoms with van der Waals surface area (Å²) in [6.07, 6.45) is 10.4. The average molecular weight is 453 g/mol. The van der Waals surface area contributed by atoms with Crippen LogP contribution in [0.2, 0.25) is 0 Å². The summed E-state index contributed by atoms with van der Waals surface area (Å²) in [5, 5.41) is 3.00. The maximum atomic E-state index is 12.8. The number of nitrogens with zero attached hydrogens (tertiary/aromatic N) is 4. The Morgan fingerprint density at radius 1 is 1.28 bits per heavy atom. The minimum atomic E-state index is -0.311. The van der Waals surface area contributed by atoms with Gasteiger partial charge < -0.3 is 19.0 Å². The zero-order valence-corrected chi connectivity index (χ0v) is 16.2. The minimum Gasteiger partial charge on any atom is -0.369 e. The van der Waals surface area contributed by atoms with Gasteiger partial charge in [0.25, 0.3) is 0 Å². The van der Waals surface area contributed by atoms with Crippen LogP contribution in [-0.4, -0.2) is 31.4 Å². The molecule has 1 N–H and O–H groups in total. The number of hydrogen-bond acceptors (Lipinski definition) is 4. The van der Waals surface area contributed by atoms with Gasteiger partial charge in [-0.3, -0.25) is 4.79 Å². The van der Waals surface area contributed by atoms with Crippen LogP contribution in [0.5, 0.6) is 0 Å². The van der Waals surface area contributed by atoms with Gasteiger partial charge >= 0.3 is 0 Å². The molecule has 8 heteroatoms. The molecule has 25 heavy (non-hydrogen) atoms. The van der Waals surface area contributed by atoms with Crippen LogP contribution in [-0.2, 0) is 16.6 Å². The molecule has 7 nitrogen and oxygen atoms in total. The lowest BCUT2D eigenvalue weighted by Crippen LogP contribution is -2.34. The van der Waals surface area contributed by atoms with Crippen LogP contribution >= 0.6 is 24.0 Å². The topological polar surface area (TPSA) is 73.5 Å². The van der Waals surface area contributed by atoms with Crippen molar-refractivity contribution in [3.05, 3.63) is 48.9 Å². The van der Waals surface area contributed by atoms with Crippen molar-refractivity contribution in [3.63, 3.8) is 0 Å². The number of ether oxygens (including phenoxy) is 1. The molecule has 2 atom stereocenters. The van der Waals surface area contributed by atoms with E-state index < -0.39 is 0 Å². The van der Waals surface area contributed by atoms with Crippen molar-refractivity contribution in [3.8, 4) is 0 Å². The van der Waals surface area contributed by atoms with Crippen LogP contribution in [0.3, 0.4) is 0 Å². The highest BCUT2D eigenvalue weighted by Gasteiger charge is 2.35. The second kappa shape index (κ2) is 7.52. The van der Waals surface area contributed by atoms with Gasteiger partial charge in [0.15, 0.2) is 0 Å². The lowest BCUT2D eigenvalue weighted by molar-refractivity contribution is -0.130. The highest BCUT2D eigenvalue weighted by atomic mass is 127. The largest absolute Gasteiger partial charge is 0.369 e. The molecule has 1 aliphatic heterocycles. The molecule has 3 aromatic heterocycles. The minimum absolute atomic E-state index is 0. The number of pyridine rings is 1. The molecule has 0 unspecified atom stereocenters. The molecule has 0 radical (unpaired) electrons. The number of aryl methyl sites for hydroxylation is 1. The third-order valence-electron chi connectivity index (χ3n) is 4.44. The van der Waals surface area contributed by atoms with E-state index in [4.69, 9.17) is 4.74 Å². The van der Waals surface area contributed by atoms with Crippen LogP contribution in [0, 0.1) is 5.92 Å². The smallest absolute Gasteiger partial charge is 0.230 e. The number of halogens is 1. The molecule has 1 saturated heterocycles. The molecular formula is C17H20IN5O2. The lowest BCUT2D eigenvalue weighted by atomic mass is 9.92. The summed E-state index contributed by atoms with van der Waals surface area (Å²) in [6, 6.07) is 3.73. The summed E-state index contributed by atoms with van der Waals surface area (Å²) in [5.74, 6) is 0.494. The molecule has 4 rings (SSSR count). The van der Waals surface area contributed by atoms with E-state index in [9.17, 15) is 4.79 Å². The van der Waals surface area contributed by atoms with Gasteiger partial charge in [0.1, 0.15) is 17.6 Å². The van der Waals surface area contributed by atoms with E-state index in [0.717, 1.165) is 30.0 Å². The van der Waals surface area contributed by atoms with Crippen molar-refractivity contribution < 1.29 is 9.53 Å². The maximum absolute atomic E-state index is 12.8. The summed E-state index contributed by atoms with van der Waals surface area (Å²) < 4.78 is 9.68. The number of anilines is 1. The number of rotatable bonds is 3. The van der Waals surface area contributed by atoms with Gasteiger partial charge in [-0.1, -0.05) is 0 Å². The van der Waals surface area contributed by atoms with Crippen LogP contribution in [0.4, 0.5) is 5.69 Å². The molecule has 1 aliphatic rings. The third kappa shape index (κ3) is 3.54. The fourth-order valence-electron chi connectivity index (χ4n) is 3.18. The summed E-state index contributed by atoms with van der Waals surface area (Å²) >= 11 is 0. The number of nitrogens with one attached hydrogen (secondary N) is 1. The molecule has 0 spiro atoms. The fraction of sp³-hybridized carbons (Fsp3) is 0.353. The van der Waals surface area contributed by atoms with Crippen molar-refractivity contribution in [1.29, 1.82) is 0 Å². The molecule has 0 aromatic carbocycles. The molecule has 132 valence electrons. The average Bonchev–Trinajstić information content (AvgIpc) is 3.23. The standard InChI is InChI=1S/C17H19N5O2.HI/c1-21-8-5-19-16(21)15-13(3-2-10-24-15)17(23)20-12-4-7-22-9-6-18-14(22)11-12;/h4-9,11,13,15H,2-3,10H2,1H3,(H,20,23);1H/t13-,15-;/m1./s1. The third-order valence-corrected chi connectivity index (χ3v) is 4.44. The second-order valence-electron chi connectivity index (χ2n) is 6.03. The molecule has 0 aliphatic carbocycles. The highest BCUT2D eigenvalue weighted by molar-refractivity contribution is 14.0. The van der Waals surface area contributed by atoms with E-state index in [-0.39, 0.29) is 41.9 Å². The van der Waals surface area contributed by atoms with Gasteiger partial charge in [0.05, 0.1) is 5.92 Å². The Balaban J connectivity index is 0.00000182. The van der Waals surface area contributed by atoms with Gasteiger partial charge in [0.2, 0.25) is 5.91 Å². The Labute approximate surface area is 162 Å². The van der Waals surface area contributed by atoms with E-state index in [0.29, 0.717) is 6.61 Å². The van der Waals surface area contributed by atoms with Crippen LogP contribution in [0.25, 0.3) is 5.65 Å². The summed E-state index contributed by atoms with van der Waals surface area (Å²) in [6.45, 7) is 0.654. The van der Waals surface area contributed by atoms with Crippen molar-refractivity contribution in [2.24, 2.45) is 13.0 Å². The Kier molecular flexibility index (Phi) is 5.38. The predicted molar refractivity (Wildman–Crippen MR) is 104 cm³/mol. The summed E-state index contributed by atoms with van der Waals surface area (Å²) in [4.78, 5) is 21.4. The number of fused-ring (bicyclic) bond motifs is 1. The Morgan fingerprint density at radius 2 is 2.12 bits per heavy atom. The Hall–Kier alpha value is -1.94. The second-order valence-corrected chi connectivity index (χ2v) is 6.03. The quantitative estimate of drug-likeness (QED) is 0.620. The summed E-state index contributed by atoms with van der Waals surface area (Å²) in [7, 11) is 1.92. The van der Waals surface area contributed by atoms with E-state index in [1.54, 1.807) is 12.4 Å². The Bertz CT molecular complexity index is 875. The highest BCUT2D eigenvalue weighted by Crippen LogP contribution is 2.33. The van der Waals surface area contributed by atoms with E-state index in [1.165, 1.54) is 0 Å². The van der Waals surface area contributed by atoms with E-state index in [1.807, 2.05) is 46.7 Å². The van der Waals surface area contributed by atoms with Crippen LogP contribution in [0.15, 0.2) is 43.1 Å². The Morgan fingerprint density at radius 3 is 2.92 bits per heavy atom. The lowest BCUT2D eigenvalue weighted by Gasteiger charge is -2.30. The number of amides is 1. The molecule has 0 saturated carbocycles. The van der Waals surface area contributed by atoms with Crippen molar-refractivity contribution in [1.82, 2.24) is 18.9 Å². The molecule has 3 aromatic rings. The van der Waals surface area contributed by atoms with E-state index >= 15 is 0 Å². The first-order chi connectivity index (χ1) is 11.7.